The van der Waals surface area contributed by atoms with Gasteiger partial charge in [0.15, 0.2) is 0 Å². The van der Waals surface area contributed by atoms with Gasteiger partial charge in [0.1, 0.15) is 5.75 Å². The van der Waals surface area contributed by atoms with Crippen molar-refractivity contribution in [3.05, 3.63) is 29.8 Å². The number of carbonyl (C=O) groups is 1. The van der Waals surface area contributed by atoms with Crippen molar-refractivity contribution in [2.24, 2.45) is 5.92 Å². The zero-order valence-electron chi connectivity index (χ0n) is 15.2. The second-order valence-corrected chi connectivity index (χ2v) is 6.81. The lowest BCUT2D eigenvalue weighted by Crippen LogP contribution is -2.43. The Morgan fingerprint density at radius 3 is 2.46 bits per heavy atom. The van der Waals surface area contributed by atoms with Crippen LogP contribution in [-0.2, 0) is 6.42 Å². The second-order valence-electron chi connectivity index (χ2n) is 6.81. The van der Waals surface area contributed by atoms with Gasteiger partial charge in [-0.05, 0) is 69.8 Å². The van der Waals surface area contributed by atoms with Gasteiger partial charge in [0.25, 0.3) is 0 Å². The van der Waals surface area contributed by atoms with Gasteiger partial charge in [-0.15, -0.1) is 0 Å². The van der Waals surface area contributed by atoms with E-state index in [4.69, 9.17) is 4.74 Å². The van der Waals surface area contributed by atoms with Crippen LogP contribution in [0.2, 0.25) is 0 Å². The summed E-state index contributed by atoms with van der Waals surface area (Å²) < 4.78 is 5.14. The van der Waals surface area contributed by atoms with Crippen LogP contribution < -0.4 is 15.4 Å². The van der Waals surface area contributed by atoms with Crippen LogP contribution in [0.3, 0.4) is 0 Å². The minimum Gasteiger partial charge on any atom is -0.497 e. The largest absolute Gasteiger partial charge is 0.497 e. The molecule has 5 heteroatoms. The van der Waals surface area contributed by atoms with E-state index in [1.54, 1.807) is 7.11 Å². The molecule has 2 N–H and O–H groups in total. The number of amides is 2. The Morgan fingerprint density at radius 1 is 1.21 bits per heavy atom. The number of rotatable bonds is 7. The minimum atomic E-state index is -0.0604. The summed E-state index contributed by atoms with van der Waals surface area (Å²) in [6.45, 7) is 8.19. The Kier molecular flexibility index (Phi) is 7.37. The van der Waals surface area contributed by atoms with E-state index in [1.807, 2.05) is 24.3 Å². The summed E-state index contributed by atoms with van der Waals surface area (Å²) in [6, 6.07) is 8.51. The van der Waals surface area contributed by atoms with E-state index in [-0.39, 0.29) is 6.03 Å². The van der Waals surface area contributed by atoms with Gasteiger partial charge in [-0.2, -0.15) is 0 Å². The molecule has 0 bridgehead atoms. The molecule has 0 aliphatic carbocycles. The molecule has 24 heavy (non-hydrogen) atoms. The van der Waals surface area contributed by atoms with Crippen molar-refractivity contribution in [3.8, 4) is 5.75 Å². The lowest BCUT2D eigenvalue weighted by Gasteiger charge is -2.34. The molecule has 0 atom stereocenters. The fourth-order valence-corrected chi connectivity index (χ4v) is 3.09. The third-order valence-corrected chi connectivity index (χ3v) is 4.79. The molecule has 1 aromatic rings. The van der Waals surface area contributed by atoms with Crippen LogP contribution in [0.25, 0.3) is 0 Å². The van der Waals surface area contributed by atoms with Crippen molar-refractivity contribution in [2.75, 3.05) is 33.3 Å². The highest BCUT2D eigenvalue weighted by Crippen LogP contribution is 2.18. The molecule has 2 amide bonds. The maximum Gasteiger partial charge on any atom is 0.314 e. The van der Waals surface area contributed by atoms with Gasteiger partial charge in [-0.3, -0.25) is 0 Å². The number of hydrogen-bond acceptors (Lipinski definition) is 3. The summed E-state index contributed by atoms with van der Waals surface area (Å²) in [5.41, 5.74) is 1.19. The van der Waals surface area contributed by atoms with Crippen LogP contribution in [0.4, 0.5) is 4.79 Å². The van der Waals surface area contributed by atoms with Crippen LogP contribution in [0.5, 0.6) is 5.75 Å². The van der Waals surface area contributed by atoms with E-state index in [9.17, 15) is 4.79 Å². The number of nitrogens with one attached hydrogen (secondary N) is 2. The number of likely N-dealkylation sites (tertiary alicyclic amines) is 1. The van der Waals surface area contributed by atoms with Crippen molar-refractivity contribution in [1.82, 2.24) is 15.5 Å². The van der Waals surface area contributed by atoms with Gasteiger partial charge in [-0.1, -0.05) is 12.1 Å². The summed E-state index contributed by atoms with van der Waals surface area (Å²) in [5, 5.41) is 5.95. The third kappa shape index (κ3) is 6.04. The Balaban J connectivity index is 1.58. The van der Waals surface area contributed by atoms with Crippen LogP contribution in [0.1, 0.15) is 32.3 Å². The lowest BCUT2D eigenvalue weighted by atomic mass is 9.96. The molecule has 134 valence electrons. The van der Waals surface area contributed by atoms with Gasteiger partial charge >= 0.3 is 6.03 Å². The average molecular weight is 333 g/mol. The number of urea groups is 1. The molecule has 0 aromatic heterocycles. The highest BCUT2D eigenvalue weighted by atomic mass is 16.5. The van der Waals surface area contributed by atoms with E-state index >= 15 is 0 Å². The van der Waals surface area contributed by atoms with Gasteiger partial charge < -0.3 is 20.3 Å². The number of hydrogen-bond donors (Lipinski definition) is 2. The average Bonchev–Trinajstić information content (AvgIpc) is 2.61. The summed E-state index contributed by atoms with van der Waals surface area (Å²) >= 11 is 0. The molecule has 1 aliphatic rings. The highest BCUT2D eigenvalue weighted by Gasteiger charge is 2.20. The molecular weight excluding hydrogens is 302 g/mol. The van der Waals surface area contributed by atoms with Crippen LogP contribution in [0, 0.1) is 5.92 Å². The van der Waals surface area contributed by atoms with Gasteiger partial charge in [0.05, 0.1) is 7.11 Å². The van der Waals surface area contributed by atoms with Crippen molar-refractivity contribution >= 4 is 6.03 Å². The monoisotopic (exact) mass is 333 g/mol. The van der Waals surface area contributed by atoms with Crippen molar-refractivity contribution in [2.45, 2.75) is 39.2 Å². The quantitative estimate of drug-likeness (QED) is 0.806. The smallest absolute Gasteiger partial charge is 0.314 e. The number of nitrogens with zero attached hydrogens (tertiary/aromatic N) is 1. The molecular formula is C19H31N3O2. The van der Waals surface area contributed by atoms with E-state index < -0.39 is 0 Å². The molecule has 0 saturated carbocycles. The molecule has 2 rings (SSSR count). The molecule has 1 aliphatic heterocycles. The van der Waals surface area contributed by atoms with Crippen molar-refractivity contribution in [1.29, 1.82) is 0 Å². The number of carbonyl (C=O) groups excluding carboxylic acids is 1. The van der Waals surface area contributed by atoms with E-state index in [0.717, 1.165) is 31.8 Å². The van der Waals surface area contributed by atoms with Crippen LogP contribution >= 0.6 is 0 Å². The Hall–Kier alpha value is -1.75. The normalized spacial score (nSPS) is 16.2. The standard InChI is InChI=1S/C19H31N3O2/c1-15(2)22-12-9-17(10-13-22)14-21-19(23)20-11-8-16-4-6-18(24-3)7-5-16/h4-7,15,17H,8-14H2,1-3H3,(H2,20,21,23). The summed E-state index contributed by atoms with van der Waals surface area (Å²) in [4.78, 5) is 14.4. The minimum absolute atomic E-state index is 0.0604. The predicted octanol–water partition coefficient (Wildman–Crippen LogP) is 2.66. The van der Waals surface area contributed by atoms with Crippen LogP contribution in [-0.4, -0.2) is 50.3 Å². The molecule has 1 heterocycles. The Bertz CT molecular complexity index is 494. The Labute approximate surface area is 145 Å². The first-order chi connectivity index (χ1) is 11.6. The maximum absolute atomic E-state index is 11.9. The molecule has 1 aromatic carbocycles. The lowest BCUT2D eigenvalue weighted by molar-refractivity contribution is 0.148. The van der Waals surface area contributed by atoms with Gasteiger partial charge in [0, 0.05) is 19.1 Å². The van der Waals surface area contributed by atoms with E-state index in [1.165, 1.54) is 18.4 Å². The number of ether oxygens (including phenoxy) is 1. The van der Waals surface area contributed by atoms with E-state index in [2.05, 4.69) is 29.4 Å². The first-order valence-corrected chi connectivity index (χ1v) is 8.97. The zero-order chi connectivity index (χ0) is 17.4. The summed E-state index contributed by atoms with van der Waals surface area (Å²) in [7, 11) is 1.66. The molecule has 0 radical (unpaired) electrons. The molecule has 5 nitrogen and oxygen atoms in total. The second kappa shape index (κ2) is 9.52. The molecule has 1 saturated heterocycles. The SMILES string of the molecule is COc1ccc(CCNC(=O)NCC2CCN(C(C)C)CC2)cc1. The fraction of sp³-hybridized carbons (Fsp3) is 0.632. The Morgan fingerprint density at radius 2 is 1.88 bits per heavy atom. The topological polar surface area (TPSA) is 53.6 Å². The third-order valence-electron chi connectivity index (χ3n) is 4.79. The number of benzene rings is 1. The van der Waals surface area contributed by atoms with E-state index in [0.29, 0.717) is 18.5 Å². The van der Waals surface area contributed by atoms with Crippen molar-refractivity contribution < 1.29 is 9.53 Å². The molecule has 0 unspecified atom stereocenters. The number of piperidine rings is 1. The van der Waals surface area contributed by atoms with Gasteiger partial charge in [-0.25, -0.2) is 4.79 Å². The molecule has 0 spiro atoms. The van der Waals surface area contributed by atoms with Gasteiger partial charge in [0.2, 0.25) is 0 Å². The fourth-order valence-electron chi connectivity index (χ4n) is 3.09. The maximum atomic E-state index is 11.9. The first-order valence-electron chi connectivity index (χ1n) is 8.97. The zero-order valence-corrected chi connectivity index (χ0v) is 15.2. The molecule has 1 fully saturated rings. The highest BCUT2D eigenvalue weighted by molar-refractivity contribution is 5.73. The number of methoxy groups -OCH3 is 1. The predicted molar refractivity (Wildman–Crippen MR) is 97.5 cm³/mol. The first kappa shape index (κ1) is 18.6. The summed E-state index contributed by atoms with van der Waals surface area (Å²) in [6.07, 6.45) is 3.17. The van der Waals surface area contributed by atoms with Crippen LogP contribution in [0.15, 0.2) is 24.3 Å². The van der Waals surface area contributed by atoms with Crippen molar-refractivity contribution in [3.63, 3.8) is 0 Å². The summed E-state index contributed by atoms with van der Waals surface area (Å²) in [5.74, 6) is 1.46.